The van der Waals surface area contributed by atoms with Gasteiger partial charge in [-0.1, -0.05) is 17.5 Å². The maximum Gasteiger partial charge on any atom is 0.295 e. The van der Waals surface area contributed by atoms with Crippen molar-refractivity contribution in [3.05, 3.63) is 34.7 Å². The van der Waals surface area contributed by atoms with Crippen molar-refractivity contribution in [3.8, 4) is 11.8 Å². The van der Waals surface area contributed by atoms with Gasteiger partial charge in [0.1, 0.15) is 5.82 Å². The number of carbonyl (C=O) groups excluding carboxylic acids is 1. The summed E-state index contributed by atoms with van der Waals surface area (Å²) in [5.41, 5.74) is 1.61. The molecule has 0 unspecified atom stereocenters. The average molecular weight is 279 g/mol. The fraction of sp³-hybridized carbons (Fsp3) is 0.214. The first-order valence-corrected chi connectivity index (χ1v) is 6.15. The predicted molar refractivity (Wildman–Crippen MR) is 73.4 cm³/mol. The highest BCUT2D eigenvalue weighted by molar-refractivity contribution is 6.35. The summed E-state index contributed by atoms with van der Waals surface area (Å²) in [5, 5.41) is 3.75. The maximum atomic E-state index is 13.3. The van der Waals surface area contributed by atoms with Crippen LogP contribution in [0.15, 0.2) is 18.3 Å². The van der Waals surface area contributed by atoms with E-state index in [2.05, 4.69) is 22.1 Å². The van der Waals surface area contributed by atoms with Gasteiger partial charge in [-0.2, -0.15) is 0 Å². The summed E-state index contributed by atoms with van der Waals surface area (Å²) in [4.78, 5) is 14.2. The van der Waals surface area contributed by atoms with Crippen LogP contribution in [0.4, 0.5) is 4.39 Å². The zero-order valence-corrected chi connectivity index (χ0v) is 11.1. The number of H-pyrrole nitrogens is 1. The summed E-state index contributed by atoms with van der Waals surface area (Å²) in [6, 6.07) is 2.70. The van der Waals surface area contributed by atoms with Gasteiger partial charge >= 0.3 is 0 Å². The van der Waals surface area contributed by atoms with Crippen molar-refractivity contribution < 1.29 is 9.18 Å². The lowest BCUT2D eigenvalue weighted by Crippen LogP contribution is -2.23. The zero-order chi connectivity index (χ0) is 13.8. The SMILES string of the molecule is CC#CC(=O)NCCc1c[nH]c2c(Cl)cc(F)cc12. The Kier molecular flexibility index (Phi) is 4.08. The highest BCUT2D eigenvalue weighted by Gasteiger charge is 2.09. The molecule has 2 rings (SSSR count). The summed E-state index contributed by atoms with van der Waals surface area (Å²) in [7, 11) is 0. The summed E-state index contributed by atoms with van der Waals surface area (Å²) < 4.78 is 13.3. The molecule has 0 aliphatic heterocycles. The molecule has 0 fully saturated rings. The van der Waals surface area contributed by atoms with E-state index in [0.29, 0.717) is 23.5 Å². The first-order valence-electron chi connectivity index (χ1n) is 5.77. The van der Waals surface area contributed by atoms with Crippen molar-refractivity contribution in [2.75, 3.05) is 6.54 Å². The molecular weight excluding hydrogens is 267 g/mol. The Bertz CT molecular complexity index is 682. The standard InChI is InChI=1S/C14H12ClFN2O/c1-2-3-13(19)17-5-4-9-8-18-14-11(9)6-10(16)7-12(14)15/h6-8,18H,4-5H2,1H3,(H,17,19). The van der Waals surface area contributed by atoms with Crippen LogP contribution in [0, 0.1) is 17.7 Å². The molecule has 1 amide bonds. The van der Waals surface area contributed by atoms with Gasteiger partial charge in [0, 0.05) is 18.1 Å². The van der Waals surface area contributed by atoms with E-state index in [1.54, 1.807) is 13.1 Å². The largest absolute Gasteiger partial charge is 0.360 e. The first kappa shape index (κ1) is 13.4. The summed E-state index contributed by atoms with van der Waals surface area (Å²) in [6.45, 7) is 2.04. The number of aromatic amines is 1. The van der Waals surface area contributed by atoms with Gasteiger partial charge in [0.25, 0.3) is 5.91 Å². The number of fused-ring (bicyclic) bond motifs is 1. The van der Waals surface area contributed by atoms with Crippen LogP contribution in [0.3, 0.4) is 0 Å². The van der Waals surface area contributed by atoms with Crippen LogP contribution in [-0.2, 0) is 11.2 Å². The van der Waals surface area contributed by atoms with E-state index in [4.69, 9.17) is 11.6 Å². The third-order valence-electron chi connectivity index (χ3n) is 2.71. The average Bonchev–Trinajstić information content (AvgIpc) is 2.73. The molecule has 1 heterocycles. The van der Waals surface area contributed by atoms with Crippen molar-refractivity contribution >= 4 is 28.4 Å². The Balaban J connectivity index is 2.13. The zero-order valence-electron chi connectivity index (χ0n) is 10.3. The topological polar surface area (TPSA) is 44.9 Å². The quantitative estimate of drug-likeness (QED) is 0.833. The highest BCUT2D eigenvalue weighted by atomic mass is 35.5. The number of carbonyl (C=O) groups is 1. The van der Waals surface area contributed by atoms with Crippen LogP contribution in [-0.4, -0.2) is 17.4 Å². The molecule has 1 aromatic carbocycles. The van der Waals surface area contributed by atoms with Crippen molar-refractivity contribution in [1.29, 1.82) is 0 Å². The van der Waals surface area contributed by atoms with E-state index < -0.39 is 0 Å². The van der Waals surface area contributed by atoms with E-state index in [9.17, 15) is 9.18 Å². The number of nitrogens with one attached hydrogen (secondary N) is 2. The molecule has 0 spiro atoms. The lowest BCUT2D eigenvalue weighted by atomic mass is 10.1. The fourth-order valence-electron chi connectivity index (χ4n) is 1.89. The molecule has 0 saturated heterocycles. The number of benzene rings is 1. The van der Waals surface area contributed by atoms with Crippen molar-refractivity contribution in [1.82, 2.24) is 10.3 Å². The second kappa shape index (κ2) is 5.77. The molecule has 2 N–H and O–H groups in total. The lowest BCUT2D eigenvalue weighted by Gasteiger charge is -2.01. The molecule has 1 aromatic heterocycles. The van der Waals surface area contributed by atoms with Crippen molar-refractivity contribution in [2.45, 2.75) is 13.3 Å². The number of hydrogen-bond donors (Lipinski definition) is 2. The smallest absolute Gasteiger partial charge is 0.295 e. The van der Waals surface area contributed by atoms with E-state index in [-0.39, 0.29) is 11.7 Å². The monoisotopic (exact) mass is 278 g/mol. The van der Waals surface area contributed by atoms with Gasteiger partial charge in [0.2, 0.25) is 0 Å². The van der Waals surface area contributed by atoms with Crippen LogP contribution < -0.4 is 5.32 Å². The Labute approximate surface area is 115 Å². The third kappa shape index (κ3) is 3.07. The van der Waals surface area contributed by atoms with Gasteiger partial charge in [-0.25, -0.2) is 4.39 Å². The second-order valence-corrected chi connectivity index (χ2v) is 4.41. The Morgan fingerprint density at radius 2 is 2.32 bits per heavy atom. The van der Waals surface area contributed by atoms with Crippen LogP contribution >= 0.6 is 11.6 Å². The van der Waals surface area contributed by atoms with Crippen LogP contribution in [0.2, 0.25) is 5.02 Å². The van der Waals surface area contributed by atoms with Gasteiger partial charge in [-0.3, -0.25) is 4.79 Å². The fourth-order valence-corrected chi connectivity index (χ4v) is 2.15. The molecule has 3 nitrogen and oxygen atoms in total. The number of amides is 1. The molecular formula is C14H12ClFN2O. The Morgan fingerprint density at radius 3 is 3.05 bits per heavy atom. The van der Waals surface area contributed by atoms with Crippen LogP contribution in [0.5, 0.6) is 0 Å². The number of aromatic nitrogens is 1. The minimum Gasteiger partial charge on any atom is -0.360 e. The van der Waals surface area contributed by atoms with Crippen LogP contribution in [0.25, 0.3) is 10.9 Å². The summed E-state index contributed by atoms with van der Waals surface area (Å²) >= 11 is 5.94. The second-order valence-electron chi connectivity index (χ2n) is 4.00. The Hall–Kier alpha value is -1.99. The van der Waals surface area contributed by atoms with Crippen LogP contribution in [0.1, 0.15) is 12.5 Å². The van der Waals surface area contributed by atoms with E-state index in [1.807, 2.05) is 0 Å². The van der Waals surface area contributed by atoms with E-state index in [0.717, 1.165) is 10.9 Å². The third-order valence-corrected chi connectivity index (χ3v) is 3.01. The highest BCUT2D eigenvalue weighted by Crippen LogP contribution is 2.26. The molecule has 98 valence electrons. The minimum atomic E-state index is -0.376. The molecule has 0 atom stereocenters. The normalized spacial score (nSPS) is 10.1. The van der Waals surface area contributed by atoms with Gasteiger partial charge in [-0.05, 0) is 37.0 Å². The Morgan fingerprint density at radius 1 is 1.53 bits per heavy atom. The van der Waals surface area contributed by atoms with Crippen molar-refractivity contribution in [3.63, 3.8) is 0 Å². The number of rotatable bonds is 3. The molecule has 0 bridgehead atoms. The summed E-state index contributed by atoms with van der Waals surface area (Å²) in [5.74, 6) is 4.22. The molecule has 0 aliphatic rings. The first-order chi connectivity index (χ1) is 9.11. The van der Waals surface area contributed by atoms with Crippen molar-refractivity contribution in [2.24, 2.45) is 0 Å². The maximum absolute atomic E-state index is 13.3. The van der Waals surface area contributed by atoms with E-state index >= 15 is 0 Å². The minimum absolute atomic E-state index is 0.313. The summed E-state index contributed by atoms with van der Waals surface area (Å²) in [6.07, 6.45) is 2.35. The molecule has 0 radical (unpaired) electrons. The van der Waals surface area contributed by atoms with Gasteiger partial charge < -0.3 is 10.3 Å². The van der Waals surface area contributed by atoms with Gasteiger partial charge in [0.15, 0.2) is 0 Å². The molecule has 5 heteroatoms. The van der Waals surface area contributed by atoms with Gasteiger partial charge in [0.05, 0.1) is 10.5 Å². The molecule has 0 saturated carbocycles. The molecule has 0 aliphatic carbocycles. The molecule has 2 aromatic rings. The van der Waals surface area contributed by atoms with E-state index in [1.165, 1.54) is 12.1 Å². The number of halogens is 2. The van der Waals surface area contributed by atoms with Gasteiger partial charge in [-0.15, -0.1) is 0 Å². The number of hydrogen-bond acceptors (Lipinski definition) is 1. The molecule has 19 heavy (non-hydrogen) atoms. The predicted octanol–water partition coefficient (Wildman–Crippen LogP) is 2.64. The lowest BCUT2D eigenvalue weighted by molar-refractivity contribution is -0.115.